The molecule has 0 heterocycles. The second-order valence-electron chi connectivity index (χ2n) is 2.81. The second kappa shape index (κ2) is 7.67. The number of hydrogen-bond donors (Lipinski definition) is 1. The van der Waals surface area contributed by atoms with Gasteiger partial charge in [0.15, 0.2) is 0 Å². The van der Waals surface area contributed by atoms with Crippen LogP contribution in [-0.2, 0) is 4.79 Å². The molecule has 5 nitrogen and oxygen atoms in total. The fourth-order valence-electron chi connectivity index (χ4n) is 1.07. The van der Waals surface area contributed by atoms with Gasteiger partial charge < -0.3 is 6.15 Å². The average Bonchev–Trinajstić information content (AvgIpc) is 1.99. The van der Waals surface area contributed by atoms with Crippen molar-refractivity contribution < 1.29 is 9.72 Å². The summed E-state index contributed by atoms with van der Waals surface area (Å²) < 4.78 is 0. The molecule has 3 N–H and O–H groups in total. The van der Waals surface area contributed by atoms with Crippen LogP contribution in [0.5, 0.6) is 0 Å². The summed E-state index contributed by atoms with van der Waals surface area (Å²) in [5, 5.41) is 10.4. The maximum absolute atomic E-state index is 11.1. The van der Waals surface area contributed by atoms with E-state index in [4.69, 9.17) is 0 Å². The van der Waals surface area contributed by atoms with Crippen LogP contribution in [0.15, 0.2) is 0 Å². The van der Waals surface area contributed by atoms with Crippen molar-refractivity contribution in [2.24, 2.45) is 0 Å². The standard InChI is InChI=1S/C8H15NO3.H3N/c1-3-5-7(9(11)12)8(10)6-4-2;/h7H,3-6H2,1-2H3;1H3. The van der Waals surface area contributed by atoms with Crippen LogP contribution in [0.4, 0.5) is 0 Å². The lowest BCUT2D eigenvalue weighted by atomic mass is 10.0. The summed E-state index contributed by atoms with van der Waals surface area (Å²) in [5.41, 5.74) is 0. The Morgan fingerprint density at radius 1 is 1.38 bits per heavy atom. The summed E-state index contributed by atoms with van der Waals surface area (Å²) in [6.45, 7) is 3.69. The van der Waals surface area contributed by atoms with E-state index in [1.54, 1.807) is 0 Å². The number of ketones is 1. The fraction of sp³-hybridized carbons (Fsp3) is 0.875. The molecule has 0 saturated heterocycles. The Hall–Kier alpha value is -0.970. The van der Waals surface area contributed by atoms with Crippen molar-refractivity contribution in [2.45, 2.75) is 45.6 Å². The van der Waals surface area contributed by atoms with Crippen molar-refractivity contribution in [3.63, 3.8) is 0 Å². The van der Waals surface area contributed by atoms with Crippen LogP contribution in [0.3, 0.4) is 0 Å². The normalized spacial score (nSPS) is 11.5. The zero-order chi connectivity index (χ0) is 9.56. The number of nitro groups is 1. The number of rotatable bonds is 6. The van der Waals surface area contributed by atoms with Crippen molar-refractivity contribution >= 4 is 5.78 Å². The lowest BCUT2D eigenvalue weighted by molar-refractivity contribution is -0.508. The topological polar surface area (TPSA) is 95.2 Å². The van der Waals surface area contributed by atoms with Gasteiger partial charge in [-0.05, 0) is 12.8 Å². The maximum Gasteiger partial charge on any atom is 0.270 e. The van der Waals surface area contributed by atoms with Crippen LogP contribution >= 0.6 is 0 Å². The van der Waals surface area contributed by atoms with Gasteiger partial charge in [0.05, 0.1) is 0 Å². The molecule has 0 bridgehead atoms. The van der Waals surface area contributed by atoms with Crippen molar-refractivity contribution in [3.05, 3.63) is 10.1 Å². The van der Waals surface area contributed by atoms with Crippen LogP contribution < -0.4 is 6.15 Å². The third-order valence-corrected chi connectivity index (χ3v) is 1.68. The summed E-state index contributed by atoms with van der Waals surface area (Å²) in [6.07, 6.45) is 2.06. The number of Topliss-reactive ketones (excluding diaryl/α,β-unsaturated/α-hetero) is 1. The molecule has 0 fully saturated rings. The lowest BCUT2D eigenvalue weighted by Crippen LogP contribution is -2.29. The monoisotopic (exact) mass is 190 g/mol. The van der Waals surface area contributed by atoms with Crippen LogP contribution in [-0.4, -0.2) is 16.7 Å². The first-order valence-electron chi connectivity index (χ1n) is 4.29. The molecule has 0 radical (unpaired) electrons. The molecular weight excluding hydrogens is 172 g/mol. The molecule has 0 aromatic heterocycles. The van der Waals surface area contributed by atoms with E-state index < -0.39 is 11.0 Å². The summed E-state index contributed by atoms with van der Waals surface area (Å²) in [5.74, 6) is -0.232. The van der Waals surface area contributed by atoms with Gasteiger partial charge in [-0.3, -0.25) is 14.9 Å². The van der Waals surface area contributed by atoms with Gasteiger partial charge in [0.1, 0.15) is 0 Å². The Morgan fingerprint density at radius 2 is 1.92 bits per heavy atom. The third-order valence-electron chi connectivity index (χ3n) is 1.68. The first-order chi connectivity index (χ1) is 5.63. The quantitative estimate of drug-likeness (QED) is 0.511. The Kier molecular flexibility index (Phi) is 8.58. The molecule has 0 rings (SSSR count). The van der Waals surface area contributed by atoms with E-state index in [0.717, 1.165) is 0 Å². The molecule has 0 spiro atoms. The number of nitrogens with zero attached hydrogens (tertiary/aromatic N) is 1. The molecule has 1 unspecified atom stereocenters. The first-order valence-corrected chi connectivity index (χ1v) is 4.29. The molecule has 0 aromatic carbocycles. The first kappa shape index (κ1) is 14.5. The highest BCUT2D eigenvalue weighted by molar-refractivity contribution is 5.82. The molecular formula is C8H18N2O3. The Bertz CT molecular complexity index is 171. The molecule has 13 heavy (non-hydrogen) atoms. The zero-order valence-corrected chi connectivity index (χ0v) is 8.28. The highest BCUT2D eigenvalue weighted by Crippen LogP contribution is 2.06. The van der Waals surface area contributed by atoms with Crippen molar-refractivity contribution in [2.75, 3.05) is 0 Å². The molecule has 0 aliphatic rings. The molecule has 0 aromatic rings. The summed E-state index contributed by atoms with van der Waals surface area (Å²) in [7, 11) is 0. The van der Waals surface area contributed by atoms with E-state index in [2.05, 4.69) is 0 Å². The Balaban J connectivity index is 0. The fourth-order valence-corrected chi connectivity index (χ4v) is 1.07. The maximum atomic E-state index is 11.1. The molecule has 1 atom stereocenters. The highest BCUT2D eigenvalue weighted by atomic mass is 16.6. The van der Waals surface area contributed by atoms with Gasteiger partial charge in [-0.25, -0.2) is 0 Å². The minimum absolute atomic E-state index is 0. The number of carbonyl (C=O) groups is 1. The summed E-state index contributed by atoms with van der Waals surface area (Å²) in [6, 6.07) is -0.963. The molecule has 0 aliphatic carbocycles. The predicted molar refractivity (Wildman–Crippen MR) is 50.6 cm³/mol. The van der Waals surface area contributed by atoms with Crippen LogP contribution in [0.1, 0.15) is 39.5 Å². The molecule has 78 valence electrons. The second-order valence-corrected chi connectivity index (χ2v) is 2.81. The van der Waals surface area contributed by atoms with Gasteiger partial charge in [0.2, 0.25) is 5.78 Å². The van der Waals surface area contributed by atoms with E-state index >= 15 is 0 Å². The molecule has 5 heteroatoms. The van der Waals surface area contributed by atoms with E-state index in [9.17, 15) is 14.9 Å². The minimum atomic E-state index is -0.963. The van der Waals surface area contributed by atoms with Gasteiger partial charge in [0, 0.05) is 17.8 Å². The van der Waals surface area contributed by atoms with Gasteiger partial charge in [0.25, 0.3) is 6.04 Å². The van der Waals surface area contributed by atoms with E-state index in [-0.39, 0.29) is 11.9 Å². The third kappa shape index (κ3) is 5.30. The summed E-state index contributed by atoms with van der Waals surface area (Å²) >= 11 is 0. The van der Waals surface area contributed by atoms with Gasteiger partial charge in [-0.2, -0.15) is 0 Å². The SMILES string of the molecule is CCCC(=O)C(CCC)[N+](=O)[O-].N. The predicted octanol–water partition coefficient (Wildman–Crippen LogP) is 1.96. The Labute approximate surface area is 78.2 Å². The number of carbonyl (C=O) groups excluding carboxylic acids is 1. The van der Waals surface area contributed by atoms with E-state index in [1.165, 1.54) is 0 Å². The summed E-state index contributed by atoms with van der Waals surface area (Å²) in [4.78, 5) is 21.1. The molecule has 0 aliphatic heterocycles. The van der Waals surface area contributed by atoms with Crippen LogP contribution in [0.25, 0.3) is 0 Å². The lowest BCUT2D eigenvalue weighted by Gasteiger charge is -2.05. The molecule has 0 saturated carbocycles. The van der Waals surface area contributed by atoms with Crippen molar-refractivity contribution in [3.8, 4) is 0 Å². The van der Waals surface area contributed by atoms with Crippen LogP contribution in [0.2, 0.25) is 0 Å². The van der Waals surface area contributed by atoms with Crippen molar-refractivity contribution in [1.29, 1.82) is 0 Å². The largest absolute Gasteiger partial charge is 0.344 e. The van der Waals surface area contributed by atoms with E-state index in [0.29, 0.717) is 25.7 Å². The smallest absolute Gasteiger partial charge is 0.270 e. The minimum Gasteiger partial charge on any atom is -0.344 e. The van der Waals surface area contributed by atoms with Gasteiger partial charge >= 0.3 is 0 Å². The van der Waals surface area contributed by atoms with Gasteiger partial charge in [-0.1, -0.05) is 13.8 Å². The number of hydrogen-bond acceptors (Lipinski definition) is 4. The molecule has 0 amide bonds. The van der Waals surface area contributed by atoms with Crippen LogP contribution in [0, 0.1) is 10.1 Å². The zero-order valence-electron chi connectivity index (χ0n) is 8.28. The Morgan fingerprint density at radius 3 is 2.23 bits per heavy atom. The van der Waals surface area contributed by atoms with Gasteiger partial charge in [-0.15, -0.1) is 0 Å². The highest BCUT2D eigenvalue weighted by Gasteiger charge is 2.26. The van der Waals surface area contributed by atoms with E-state index in [1.807, 2.05) is 13.8 Å². The average molecular weight is 190 g/mol. The van der Waals surface area contributed by atoms with Crippen molar-refractivity contribution in [1.82, 2.24) is 6.15 Å².